The highest BCUT2D eigenvalue weighted by molar-refractivity contribution is 5.99. The van der Waals surface area contributed by atoms with Gasteiger partial charge < -0.3 is 19.4 Å². The number of carbonyl (C=O) groups excluding carboxylic acids is 1. The van der Waals surface area contributed by atoms with Crippen LogP contribution in [0.5, 0.6) is 5.75 Å². The van der Waals surface area contributed by atoms with E-state index in [2.05, 4.69) is 11.9 Å². The summed E-state index contributed by atoms with van der Waals surface area (Å²) in [4.78, 5) is 23.8. The number of carbonyl (C=O) groups is 1. The van der Waals surface area contributed by atoms with Crippen molar-refractivity contribution in [2.24, 2.45) is 0 Å². The van der Waals surface area contributed by atoms with Crippen LogP contribution in [0.3, 0.4) is 0 Å². The van der Waals surface area contributed by atoms with Crippen molar-refractivity contribution >= 4 is 11.7 Å². The molecule has 1 aliphatic rings. The average Bonchev–Trinajstić information content (AvgIpc) is 2.67. The Balaban J connectivity index is 1.93. The molecule has 2 aromatic rings. The van der Waals surface area contributed by atoms with E-state index >= 15 is 0 Å². The monoisotopic (exact) mass is 354 g/mol. The quantitative estimate of drug-likeness (QED) is 0.843. The number of benzene rings is 1. The van der Waals surface area contributed by atoms with E-state index in [9.17, 15) is 4.79 Å². The van der Waals surface area contributed by atoms with Crippen molar-refractivity contribution in [2.45, 2.75) is 0 Å². The van der Waals surface area contributed by atoms with E-state index in [1.807, 2.05) is 60.3 Å². The van der Waals surface area contributed by atoms with Crippen LogP contribution in [-0.4, -0.2) is 75.1 Å². The summed E-state index contributed by atoms with van der Waals surface area (Å²) in [5, 5.41) is 0. The van der Waals surface area contributed by atoms with Crippen LogP contribution in [-0.2, 0) is 0 Å². The Morgan fingerprint density at radius 1 is 1.12 bits per heavy atom. The molecule has 0 radical (unpaired) electrons. The first-order valence-electron chi connectivity index (χ1n) is 8.80. The molecule has 2 heterocycles. The van der Waals surface area contributed by atoms with Crippen molar-refractivity contribution in [2.75, 3.05) is 59.3 Å². The minimum absolute atomic E-state index is 0.0477. The van der Waals surface area contributed by atoms with E-state index in [1.165, 1.54) is 0 Å². The fourth-order valence-corrected chi connectivity index (χ4v) is 3.08. The van der Waals surface area contributed by atoms with Gasteiger partial charge in [0.15, 0.2) is 0 Å². The largest absolute Gasteiger partial charge is 0.497 e. The van der Waals surface area contributed by atoms with E-state index in [4.69, 9.17) is 9.72 Å². The molecule has 0 unspecified atom stereocenters. The Hall–Kier alpha value is -2.60. The van der Waals surface area contributed by atoms with Crippen LogP contribution in [0.25, 0.3) is 11.3 Å². The fraction of sp³-hybridized carbons (Fsp3) is 0.400. The average molecular weight is 354 g/mol. The molecule has 0 spiro atoms. The molecule has 1 amide bonds. The Morgan fingerprint density at radius 2 is 1.85 bits per heavy atom. The molecule has 1 aliphatic heterocycles. The molecule has 1 aromatic carbocycles. The molecule has 1 saturated heterocycles. The van der Waals surface area contributed by atoms with Crippen LogP contribution in [0.15, 0.2) is 36.4 Å². The molecule has 0 saturated carbocycles. The zero-order valence-corrected chi connectivity index (χ0v) is 15.9. The second-order valence-electron chi connectivity index (χ2n) is 6.79. The summed E-state index contributed by atoms with van der Waals surface area (Å²) in [7, 11) is 7.56. The molecule has 0 atom stereocenters. The molecule has 1 fully saturated rings. The summed E-state index contributed by atoms with van der Waals surface area (Å²) in [6.45, 7) is 3.30. The Morgan fingerprint density at radius 3 is 2.50 bits per heavy atom. The number of likely N-dealkylation sites (N-methyl/N-ethyl adjacent to an activating group) is 1. The van der Waals surface area contributed by atoms with Crippen molar-refractivity contribution in [1.29, 1.82) is 0 Å². The molecule has 0 bridgehead atoms. The van der Waals surface area contributed by atoms with Crippen LogP contribution in [0.2, 0.25) is 0 Å². The van der Waals surface area contributed by atoms with Gasteiger partial charge in [0, 0.05) is 45.8 Å². The van der Waals surface area contributed by atoms with Gasteiger partial charge in [0.2, 0.25) is 0 Å². The molecule has 0 N–H and O–H groups in total. The molecule has 138 valence electrons. The maximum Gasteiger partial charge on any atom is 0.257 e. The number of amides is 1. The number of pyridine rings is 1. The predicted molar refractivity (Wildman–Crippen MR) is 104 cm³/mol. The van der Waals surface area contributed by atoms with Crippen molar-refractivity contribution in [1.82, 2.24) is 14.8 Å². The minimum atomic E-state index is 0.0477. The summed E-state index contributed by atoms with van der Waals surface area (Å²) >= 11 is 0. The zero-order valence-electron chi connectivity index (χ0n) is 15.9. The van der Waals surface area contributed by atoms with Gasteiger partial charge in [0.05, 0.1) is 18.4 Å². The lowest BCUT2D eigenvalue weighted by Crippen LogP contribution is -2.47. The second-order valence-corrected chi connectivity index (χ2v) is 6.79. The summed E-state index contributed by atoms with van der Waals surface area (Å²) in [5.41, 5.74) is 2.43. The number of nitrogens with zero attached hydrogens (tertiary/aromatic N) is 4. The second kappa shape index (κ2) is 7.74. The SMILES string of the molecule is COc1cccc(-c2ccc(C(=O)N3CCN(C)CC3)c(N(C)C)n2)c1. The molecule has 0 aliphatic carbocycles. The number of anilines is 1. The van der Waals surface area contributed by atoms with Gasteiger partial charge in [-0.3, -0.25) is 4.79 Å². The van der Waals surface area contributed by atoms with Gasteiger partial charge in [-0.25, -0.2) is 4.98 Å². The maximum atomic E-state index is 13.0. The topological polar surface area (TPSA) is 48.9 Å². The lowest BCUT2D eigenvalue weighted by atomic mass is 10.1. The van der Waals surface area contributed by atoms with Crippen molar-refractivity contribution in [3.05, 3.63) is 42.0 Å². The molecule has 1 aromatic heterocycles. The van der Waals surface area contributed by atoms with Gasteiger partial charge in [-0.05, 0) is 31.3 Å². The Kier molecular flexibility index (Phi) is 5.42. The van der Waals surface area contributed by atoms with Crippen LogP contribution in [0, 0.1) is 0 Å². The molecular weight excluding hydrogens is 328 g/mol. The van der Waals surface area contributed by atoms with E-state index in [1.54, 1.807) is 7.11 Å². The van der Waals surface area contributed by atoms with Crippen LogP contribution in [0.1, 0.15) is 10.4 Å². The number of rotatable bonds is 4. The van der Waals surface area contributed by atoms with E-state index in [0.29, 0.717) is 11.4 Å². The fourth-order valence-electron chi connectivity index (χ4n) is 3.08. The van der Waals surface area contributed by atoms with Crippen molar-refractivity contribution in [3.63, 3.8) is 0 Å². The number of hydrogen-bond donors (Lipinski definition) is 0. The lowest BCUT2D eigenvalue weighted by molar-refractivity contribution is 0.0664. The van der Waals surface area contributed by atoms with E-state index < -0.39 is 0 Å². The first-order chi connectivity index (χ1) is 12.5. The summed E-state index contributed by atoms with van der Waals surface area (Å²) in [6, 6.07) is 11.6. The number of aromatic nitrogens is 1. The molecule has 26 heavy (non-hydrogen) atoms. The van der Waals surface area contributed by atoms with Crippen LogP contribution in [0.4, 0.5) is 5.82 Å². The van der Waals surface area contributed by atoms with Crippen LogP contribution >= 0.6 is 0 Å². The standard InChI is InChI=1S/C20H26N4O2/c1-22(2)19-17(20(25)24-12-10-23(3)11-13-24)8-9-18(21-19)15-6-5-7-16(14-15)26-4/h5-9,14H,10-13H2,1-4H3. The zero-order chi connectivity index (χ0) is 18.7. The Bertz CT molecular complexity index is 783. The third-order valence-electron chi connectivity index (χ3n) is 4.69. The predicted octanol–water partition coefficient (Wildman–Crippen LogP) is 2.21. The molecule has 6 heteroatoms. The van der Waals surface area contributed by atoms with Gasteiger partial charge >= 0.3 is 0 Å². The smallest absolute Gasteiger partial charge is 0.257 e. The van der Waals surface area contributed by atoms with E-state index in [-0.39, 0.29) is 5.91 Å². The van der Waals surface area contributed by atoms with Crippen molar-refractivity contribution in [3.8, 4) is 17.0 Å². The number of ether oxygens (including phenoxy) is 1. The molecular formula is C20H26N4O2. The molecule has 3 rings (SSSR count). The first-order valence-corrected chi connectivity index (χ1v) is 8.80. The summed E-state index contributed by atoms with van der Waals surface area (Å²) in [6.07, 6.45) is 0. The number of hydrogen-bond acceptors (Lipinski definition) is 5. The third-order valence-corrected chi connectivity index (χ3v) is 4.69. The normalized spacial score (nSPS) is 15.0. The highest BCUT2D eigenvalue weighted by Gasteiger charge is 2.24. The number of piperazine rings is 1. The van der Waals surface area contributed by atoms with Gasteiger partial charge in [0.1, 0.15) is 11.6 Å². The van der Waals surface area contributed by atoms with E-state index in [0.717, 1.165) is 43.2 Å². The van der Waals surface area contributed by atoms with Gasteiger partial charge in [-0.1, -0.05) is 12.1 Å². The summed E-state index contributed by atoms with van der Waals surface area (Å²) < 4.78 is 5.30. The van der Waals surface area contributed by atoms with Gasteiger partial charge in [-0.15, -0.1) is 0 Å². The Labute approximate surface area is 155 Å². The third kappa shape index (κ3) is 3.80. The highest BCUT2D eigenvalue weighted by Crippen LogP contribution is 2.27. The van der Waals surface area contributed by atoms with Crippen molar-refractivity contribution < 1.29 is 9.53 Å². The minimum Gasteiger partial charge on any atom is -0.497 e. The molecule has 6 nitrogen and oxygen atoms in total. The summed E-state index contributed by atoms with van der Waals surface area (Å²) in [5.74, 6) is 1.52. The van der Waals surface area contributed by atoms with Crippen LogP contribution < -0.4 is 9.64 Å². The number of methoxy groups -OCH3 is 1. The lowest BCUT2D eigenvalue weighted by Gasteiger charge is -2.33. The maximum absolute atomic E-state index is 13.0. The van der Waals surface area contributed by atoms with Gasteiger partial charge in [-0.2, -0.15) is 0 Å². The first kappa shape index (κ1) is 18.2. The van der Waals surface area contributed by atoms with Gasteiger partial charge in [0.25, 0.3) is 5.91 Å². The highest BCUT2D eigenvalue weighted by atomic mass is 16.5.